The summed E-state index contributed by atoms with van der Waals surface area (Å²) in [5, 5.41) is 2.10. The number of halogens is 2. The molecule has 0 radical (unpaired) electrons. The maximum atomic E-state index is 13.0. The Morgan fingerprint density at radius 2 is 1.66 bits per heavy atom. The molecule has 150 valence electrons. The lowest BCUT2D eigenvalue weighted by molar-refractivity contribution is -0.125. The molecule has 2 aromatic carbocycles. The number of carbonyl (C=O) groups is 3. The normalized spacial score (nSPS) is 15.1. The summed E-state index contributed by atoms with van der Waals surface area (Å²) < 4.78 is 31.0. The average molecular weight is 418 g/mol. The molecule has 2 aromatic rings. The Hall–Kier alpha value is -3.20. The van der Waals surface area contributed by atoms with Crippen LogP contribution in [0.3, 0.4) is 0 Å². The van der Waals surface area contributed by atoms with E-state index >= 15 is 0 Å². The lowest BCUT2D eigenvalue weighted by Crippen LogP contribution is -2.38. The van der Waals surface area contributed by atoms with Crippen LogP contribution in [-0.4, -0.2) is 41.6 Å². The van der Waals surface area contributed by atoms with Crippen LogP contribution in [-0.2, 0) is 9.59 Å². The van der Waals surface area contributed by atoms with Gasteiger partial charge >= 0.3 is 0 Å². The maximum absolute atomic E-state index is 13.0. The zero-order chi connectivity index (χ0) is 20.8. The van der Waals surface area contributed by atoms with Gasteiger partial charge in [-0.1, -0.05) is 12.1 Å². The van der Waals surface area contributed by atoms with Crippen LogP contribution < -0.4 is 10.1 Å². The van der Waals surface area contributed by atoms with Crippen LogP contribution in [0.1, 0.15) is 5.56 Å². The maximum Gasteiger partial charge on any atom is 0.293 e. The van der Waals surface area contributed by atoms with E-state index in [1.807, 2.05) is 0 Å². The minimum atomic E-state index is -0.471. The number of rotatable bonds is 7. The van der Waals surface area contributed by atoms with Crippen molar-refractivity contribution in [2.24, 2.45) is 0 Å². The number of imide groups is 1. The van der Waals surface area contributed by atoms with Crippen molar-refractivity contribution in [2.75, 3.05) is 19.7 Å². The van der Waals surface area contributed by atoms with Crippen molar-refractivity contribution in [2.45, 2.75) is 0 Å². The standard InChI is InChI=1S/C20H16F2N2O4S/c21-14-3-1-13(2-4-14)11-17-19(26)24(20(27)29-17)10-9-23-18(25)12-28-16-7-5-15(22)6-8-16/h1-8,11H,9-10,12H2,(H,23,25)/b17-11-. The van der Waals surface area contributed by atoms with Gasteiger partial charge in [0.05, 0.1) is 4.91 Å². The molecule has 3 rings (SSSR count). The van der Waals surface area contributed by atoms with E-state index in [9.17, 15) is 23.2 Å². The molecule has 1 fully saturated rings. The van der Waals surface area contributed by atoms with Gasteiger partial charge in [-0.2, -0.15) is 0 Å². The largest absolute Gasteiger partial charge is 0.484 e. The van der Waals surface area contributed by atoms with E-state index in [4.69, 9.17) is 4.74 Å². The first-order chi connectivity index (χ1) is 13.9. The Labute approximate surface area is 169 Å². The molecule has 0 bridgehead atoms. The van der Waals surface area contributed by atoms with Crippen LogP contribution in [0, 0.1) is 11.6 Å². The highest BCUT2D eigenvalue weighted by molar-refractivity contribution is 8.18. The average Bonchev–Trinajstić information content (AvgIpc) is 2.96. The highest BCUT2D eigenvalue weighted by Gasteiger charge is 2.34. The Morgan fingerprint density at radius 1 is 1.03 bits per heavy atom. The summed E-state index contributed by atoms with van der Waals surface area (Å²) in [6, 6.07) is 10.8. The van der Waals surface area contributed by atoms with Crippen LogP contribution in [0.15, 0.2) is 53.4 Å². The van der Waals surface area contributed by atoms with Gasteiger partial charge in [-0.25, -0.2) is 8.78 Å². The van der Waals surface area contributed by atoms with E-state index in [1.54, 1.807) is 0 Å². The second-order valence-corrected chi connectivity index (χ2v) is 6.97. The Morgan fingerprint density at radius 3 is 2.31 bits per heavy atom. The first kappa shape index (κ1) is 20.5. The van der Waals surface area contributed by atoms with Crippen LogP contribution in [0.5, 0.6) is 5.75 Å². The topological polar surface area (TPSA) is 75.7 Å². The van der Waals surface area contributed by atoms with Crippen molar-refractivity contribution in [1.82, 2.24) is 10.2 Å². The Bertz CT molecular complexity index is 946. The Kier molecular flexibility index (Phi) is 6.61. The number of nitrogens with one attached hydrogen (secondary N) is 1. The first-order valence-corrected chi connectivity index (χ1v) is 9.40. The predicted molar refractivity (Wildman–Crippen MR) is 104 cm³/mol. The third-order valence-electron chi connectivity index (χ3n) is 3.88. The third-order valence-corrected chi connectivity index (χ3v) is 4.79. The summed E-state index contributed by atoms with van der Waals surface area (Å²) in [6.45, 7) is -0.209. The summed E-state index contributed by atoms with van der Waals surface area (Å²) in [7, 11) is 0. The van der Waals surface area contributed by atoms with Crippen molar-refractivity contribution in [3.05, 3.63) is 70.6 Å². The lowest BCUT2D eigenvalue weighted by Gasteiger charge is -2.13. The van der Waals surface area contributed by atoms with Gasteiger partial charge in [0.15, 0.2) is 6.61 Å². The molecule has 1 saturated heterocycles. The highest BCUT2D eigenvalue weighted by atomic mass is 32.2. The minimum Gasteiger partial charge on any atom is -0.484 e. The number of amides is 3. The monoisotopic (exact) mass is 418 g/mol. The van der Waals surface area contributed by atoms with E-state index in [0.717, 1.165) is 16.7 Å². The van der Waals surface area contributed by atoms with Crippen molar-refractivity contribution in [3.63, 3.8) is 0 Å². The van der Waals surface area contributed by atoms with Gasteiger partial charge in [-0.05, 0) is 59.8 Å². The van der Waals surface area contributed by atoms with E-state index in [0.29, 0.717) is 11.3 Å². The third kappa shape index (κ3) is 5.64. The number of thioether (sulfide) groups is 1. The summed E-state index contributed by atoms with van der Waals surface area (Å²) in [5.41, 5.74) is 0.600. The summed E-state index contributed by atoms with van der Waals surface area (Å²) in [5.74, 6) is -1.37. The molecule has 1 aliphatic heterocycles. The second kappa shape index (κ2) is 9.33. The fraction of sp³-hybridized carbons (Fsp3) is 0.150. The van der Waals surface area contributed by atoms with Crippen LogP contribution in [0.25, 0.3) is 6.08 Å². The second-order valence-electron chi connectivity index (χ2n) is 5.98. The fourth-order valence-electron chi connectivity index (χ4n) is 2.44. The molecule has 6 nitrogen and oxygen atoms in total. The van der Waals surface area contributed by atoms with E-state index in [2.05, 4.69) is 5.32 Å². The predicted octanol–water partition coefficient (Wildman–Crippen LogP) is 3.20. The molecule has 1 N–H and O–H groups in total. The molecule has 9 heteroatoms. The number of carbonyl (C=O) groups excluding carboxylic acids is 3. The molecule has 0 aromatic heterocycles. The summed E-state index contributed by atoms with van der Waals surface area (Å²) in [6.07, 6.45) is 1.51. The summed E-state index contributed by atoms with van der Waals surface area (Å²) >= 11 is 0.785. The van der Waals surface area contributed by atoms with Gasteiger partial charge in [-0.15, -0.1) is 0 Å². The van der Waals surface area contributed by atoms with E-state index < -0.39 is 28.7 Å². The zero-order valence-corrected chi connectivity index (χ0v) is 15.9. The molecule has 0 saturated carbocycles. The molecular weight excluding hydrogens is 402 g/mol. The van der Waals surface area contributed by atoms with Crippen LogP contribution in [0.2, 0.25) is 0 Å². The fourth-order valence-corrected chi connectivity index (χ4v) is 3.31. The molecular formula is C20H16F2N2O4S. The van der Waals surface area contributed by atoms with Crippen LogP contribution >= 0.6 is 11.8 Å². The molecule has 0 aliphatic carbocycles. The molecule has 0 atom stereocenters. The van der Waals surface area contributed by atoms with Gasteiger partial charge < -0.3 is 10.1 Å². The lowest BCUT2D eigenvalue weighted by atomic mass is 10.2. The number of benzene rings is 2. The molecule has 29 heavy (non-hydrogen) atoms. The SMILES string of the molecule is O=C(COc1ccc(F)cc1)NCCN1C(=O)S/C(=C\c2ccc(F)cc2)C1=O. The van der Waals surface area contributed by atoms with Gasteiger partial charge in [0.25, 0.3) is 17.1 Å². The number of nitrogens with zero attached hydrogens (tertiary/aromatic N) is 1. The Balaban J connectivity index is 1.47. The van der Waals surface area contributed by atoms with Gasteiger partial charge in [0.2, 0.25) is 0 Å². The van der Waals surface area contributed by atoms with E-state index in [1.165, 1.54) is 54.6 Å². The van der Waals surface area contributed by atoms with E-state index in [-0.39, 0.29) is 24.6 Å². The molecule has 1 aliphatic rings. The van der Waals surface area contributed by atoms with Crippen molar-refractivity contribution in [3.8, 4) is 5.75 Å². The van der Waals surface area contributed by atoms with Crippen molar-refractivity contribution in [1.29, 1.82) is 0 Å². The van der Waals surface area contributed by atoms with Crippen molar-refractivity contribution >= 4 is 34.9 Å². The van der Waals surface area contributed by atoms with Crippen molar-refractivity contribution < 1.29 is 27.9 Å². The quantitative estimate of drug-likeness (QED) is 0.699. The van der Waals surface area contributed by atoms with Gasteiger partial charge in [-0.3, -0.25) is 19.3 Å². The van der Waals surface area contributed by atoms with Gasteiger partial charge in [0, 0.05) is 13.1 Å². The number of hydrogen-bond donors (Lipinski definition) is 1. The number of hydrogen-bond acceptors (Lipinski definition) is 5. The van der Waals surface area contributed by atoms with Gasteiger partial charge in [0.1, 0.15) is 17.4 Å². The molecule has 3 amide bonds. The smallest absolute Gasteiger partial charge is 0.293 e. The minimum absolute atomic E-state index is 0.00765. The number of ether oxygens (including phenoxy) is 1. The molecule has 0 unspecified atom stereocenters. The zero-order valence-electron chi connectivity index (χ0n) is 15.1. The highest BCUT2D eigenvalue weighted by Crippen LogP contribution is 2.31. The molecule has 0 spiro atoms. The molecule has 1 heterocycles. The van der Waals surface area contributed by atoms with Crippen LogP contribution in [0.4, 0.5) is 13.6 Å². The first-order valence-electron chi connectivity index (χ1n) is 8.58. The summed E-state index contributed by atoms with van der Waals surface area (Å²) in [4.78, 5) is 37.5.